The van der Waals surface area contributed by atoms with Crippen LogP contribution in [0.25, 0.3) is 0 Å². The standard InChI is InChI=1S/C30H26F3O5P/c1-21(34)19-26(30(31,32)33)25(28(35)37-2)20-27(29(36)38-3)39(22-13-7-4-8-14-22,23-15-9-5-10-16-23)24-17-11-6-12-18-24/h4-20H,1-3H3/b25-20-,26-19-. The van der Waals surface area contributed by atoms with Crippen LogP contribution in [0.4, 0.5) is 13.2 Å². The Morgan fingerprint density at radius 3 is 1.36 bits per heavy atom. The summed E-state index contributed by atoms with van der Waals surface area (Å²) in [5.41, 5.74) is -2.52. The van der Waals surface area contributed by atoms with Crippen LogP contribution in [0.15, 0.2) is 114 Å². The van der Waals surface area contributed by atoms with Crippen LogP contribution >= 0.6 is 6.89 Å². The molecule has 0 heterocycles. The molecular formula is C30H26F3O5P. The summed E-state index contributed by atoms with van der Waals surface area (Å²) in [4.78, 5) is 38.3. The van der Waals surface area contributed by atoms with Gasteiger partial charge in [-0.15, -0.1) is 0 Å². The van der Waals surface area contributed by atoms with E-state index in [1.54, 1.807) is 91.0 Å². The first kappa shape index (κ1) is 29.4. The quantitative estimate of drug-likeness (QED) is 0.178. The van der Waals surface area contributed by atoms with Crippen molar-refractivity contribution in [3.63, 3.8) is 0 Å². The molecule has 0 saturated carbocycles. The minimum absolute atomic E-state index is 0.187. The number of alkyl halides is 3. The van der Waals surface area contributed by atoms with Crippen LogP contribution in [0.2, 0.25) is 0 Å². The molecule has 3 rings (SSSR count). The molecule has 0 unspecified atom stereocenters. The van der Waals surface area contributed by atoms with E-state index in [4.69, 9.17) is 9.47 Å². The van der Waals surface area contributed by atoms with Crippen LogP contribution in [-0.4, -0.2) is 43.4 Å². The number of halogens is 3. The van der Waals surface area contributed by atoms with E-state index in [1.807, 2.05) is 0 Å². The highest BCUT2D eigenvalue weighted by Crippen LogP contribution is 2.47. The third-order valence-corrected chi connectivity index (χ3v) is 10.1. The zero-order valence-corrected chi connectivity index (χ0v) is 22.3. The fraction of sp³-hybridized carbons (Fsp3) is 0.133. The van der Waals surface area contributed by atoms with Gasteiger partial charge in [0, 0.05) is 0 Å². The number of hydrogen-bond donors (Lipinski definition) is 0. The second-order valence-corrected chi connectivity index (χ2v) is 11.6. The smallest absolute Gasteiger partial charge is 0.417 e. The zero-order chi connectivity index (χ0) is 28.6. The Hall–Kier alpha value is -4.16. The molecule has 9 heteroatoms. The molecule has 0 amide bonds. The predicted molar refractivity (Wildman–Crippen MR) is 147 cm³/mol. The molecule has 0 spiro atoms. The summed E-state index contributed by atoms with van der Waals surface area (Å²) >= 11 is 0. The topological polar surface area (TPSA) is 69.7 Å². The molecule has 0 aliphatic carbocycles. The van der Waals surface area contributed by atoms with Gasteiger partial charge in [0.15, 0.2) is 5.78 Å². The predicted octanol–water partition coefficient (Wildman–Crippen LogP) is 4.50. The van der Waals surface area contributed by atoms with Gasteiger partial charge in [-0.25, -0.2) is 9.59 Å². The minimum Gasteiger partial charge on any atom is -0.465 e. The molecule has 0 saturated heterocycles. The van der Waals surface area contributed by atoms with Crippen molar-refractivity contribution < 1.29 is 37.0 Å². The van der Waals surface area contributed by atoms with E-state index in [9.17, 15) is 27.6 Å². The maximum Gasteiger partial charge on any atom is 0.417 e. The van der Waals surface area contributed by atoms with Crippen molar-refractivity contribution >= 4 is 45.8 Å². The number of ketones is 1. The second-order valence-electron chi connectivity index (χ2n) is 8.27. The van der Waals surface area contributed by atoms with Crippen molar-refractivity contribution in [1.29, 1.82) is 0 Å². The van der Waals surface area contributed by atoms with Gasteiger partial charge in [-0.3, -0.25) is 4.79 Å². The van der Waals surface area contributed by atoms with E-state index in [0.29, 0.717) is 22.0 Å². The summed E-state index contributed by atoms with van der Waals surface area (Å²) in [6.45, 7) is -2.36. The van der Waals surface area contributed by atoms with E-state index < -0.39 is 41.9 Å². The number of benzene rings is 3. The van der Waals surface area contributed by atoms with Crippen LogP contribution in [0.5, 0.6) is 0 Å². The first-order valence-corrected chi connectivity index (χ1v) is 13.5. The Labute approximate surface area is 224 Å². The van der Waals surface area contributed by atoms with Gasteiger partial charge in [0.1, 0.15) is 0 Å². The van der Waals surface area contributed by atoms with E-state index in [1.165, 1.54) is 0 Å². The average Bonchev–Trinajstić information content (AvgIpc) is 2.94. The molecule has 0 aliphatic rings. The molecule has 0 N–H and O–H groups in total. The Kier molecular flexibility index (Phi) is 9.49. The third-order valence-electron chi connectivity index (χ3n) is 5.82. The summed E-state index contributed by atoms with van der Waals surface area (Å²) < 4.78 is 52.6. The Morgan fingerprint density at radius 2 is 1.05 bits per heavy atom. The van der Waals surface area contributed by atoms with Gasteiger partial charge in [0.05, 0.1) is 30.7 Å². The highest BCUT2D eigenvalue weighted by Gasteiger charge is 2.41. The van der Waals surface area contributed by atoms with Crippen LogP contribution < -0.4 is 15.9 Å². The van der Waals surface area contributed by atoms with Gasteiger partial charge in [0.25, 0.3) is 0 Å². The van der Waals surface area contributed by atoms with Crippen LogP contribution in [-0.2, 0) is 23.9 Å². The highest BCUT2D eigenvalue weighted by atomic mass is 31.2. The summed E-state index contributed by atoms with van der Waals surface area (Å²) in [6, 6.07) is 26.5. The van der Waals surface area contributed by atoms with Gasteiger partial charge < -0.3 is 9.47 Å². The number of ether oxygens (including phenoxy) is 2. The number of allylic oxidation sites excluding steroid dienone is 1. The molecule has 0 fully saturated rings. The largest absolute Gasteiger partial charge is 0.465 e. The summed E-state index contributed by atoms with van der Waals surface area (Å²) in [6.07, 6.45) is -3.94. The fourth-order valence-corrected chi connectivity index (χ4v) is 8.50. The summed E-state index contributed by atoms with van der Waals surface area (Å²) in [5.74, 6) is -3.24. The summed E-state index contributed by atoms with van der Waals surface area (Å²) in [7, 11) is 2.03. The molecule has 0 aromatic heterocycles. The van der Waals surface area contributed by atoms with E-state index >= 15 is 0 Å². The molecular weight excluding hydrogens is 528 g/mol. The van der Waals surface area contributed by atoms with Gasteiger partial charge in [-0.05, 0) is 41.9 Å². The highest BCUT2D eigenvalue weighted by molar-refractivity contribution is 7.96. The number of methoxy groups -OCH3 is 2. The lowest BCUT2D eigenvalue weighted by Crippen LogP contribution is -2.34. The van der Waals surface area contributed by atoms with Crippen LogP contribution in [0, 0.1) is 0 Å². The lowest BCUT2D eigenvalue weighted by Gasteiger charge is -2.31. The van der Waals surface area contributed by atoms with Gasteiger partial charge in [-0.1, -0.05) is 91.0 Å². The Bertz CT molecular complexity index is 1360. The number of rotatable bonds is 8. The summed E-state index contributed by atoms with van der Waals surface area (Å²) in [5, 5.41) is 1.71. The van der Waals surface area contributed by atoms with Crippen molar-refractivity contribution in [2.45, 2.75) is 13.1 Å². The van der Waals surface area contributed by atoms with Gasteiger partial charge in [-0.2, -0.15) is 13.2 Å². The molecule has 202 valence electrons. The Morgan fingerprint density at radius 1 is 0.667 bits per heavy atom. The van der Waals surface area contributed by atoms with E-state index in [0.717, 1.165) is 27.2 Å². The third kappa shape index (κ3) is 6.29. The minimum atomic E-state index is -5.11. The molecule has 0 radical (unpaired) electrons. The van der Waals surface area contributed by atoms with Crippen molar-refractivity contribution in [1.82, 2.24) is 0 Å². The number of esters is 2. The van der Waals surface area contributed by atoms with Gasteiger partial charge >= 0.3 is 18.1 Å². The first-order chi connectivity index (χ1) is 18.6. The number of hydrogen-bond acceptors (Lipinski definition) is 5. The Balaban J connectivity index is 2.74. The number of carbonyl (C=O) groups excluding carboxylic acids is 3. The van der Waals surface area contributed by atoms with Crippen LogP contribution in [0.3, 0.4) is 0 Å². The molecule has 0 bridgehead atoms. The fourth-order valence-electron chi connectivity index (χ4n) is 4.23. The average molecular weight is 555 g/mol. The first-order valence-electron chi connectivity index (χ1n) is 11.7. The monoisotopic (exact) mass is 554 g/mol. The lowest BCUT2D eigenvalue weighted by molar-refractivity contribution is -0.137. The molecule has 5 nitrogen and oxygen atoms in total. The van der Waals surface area contributed by atoms with Crippen molar-refractivity contribution in [2.24, 2.45) is 0 Å². The normalized spacial score (nSPS) is 12.5. The molecule has 0 atom stereocenters. The van der Waals surface area contributed by atoms with Crippen molar-refractivity contribution in [3.8, 4) is 0 Å². The van der Waals surface area contributed by atoms with Gasteiger partial charge in [0.2, 0.25) is 0 Å². The molecule has 3 aromatic carbocycles. The maximum absolute atomic E-state index is 14.2. The molecule has 0 aliphatic heterocycles. The SMILES string of the molecule is COC(=O)C(/C=C(C(=O)OC)/C(=C/C(C)=O)C(F)(F)F)=P(c1ccccc1)(c1ccccc1)c1ccccc1. The molecule has 39 heavy (non-hydrogen) atoms. The maximum atomic E-state index is 14.2. The van der Waals surface area contributed by atoms with E-state index in [-0.39, 0.29) is 5.29 Å². The van der Waals surface area contributed by atoms with E-state index in [2.05, 4.69) is 0 Å². The number of carbonyl (C=O) groups is 3. The lowest BCUT2D eigenvalue weighted by atomic mass is 10.0. The zero-order valence-electron chi connectivity index (χ0n) is 21.4. The molecule has 3 aromatic rings. The van der Waals surface area contributed by atoms with Crippen LogP contribution in [0.1, 0.15) is 6.92 Å². The van der Waals surface area contributed by atoms with Crippen molar-refractivity contribution in [2.75, 3.05) is 14.2 Å². The van der Waals surface area contributed by atoms with Crippen molar-refractivity contribution in [3.05, 3.63) is 114 Å². The second kappa shape index (κ2) is 12.6.